The van der Waals surface area contributed by atoms with Crippen molar-refractivity contribution in [3.05, 3.63) is 35.4 Å². The third kappa shape index (κ3) is 5.32. The summed E-state index contributed by atoms with van der Waals surface area (Å²) in [5.74, 6) is 0. The SMILES string of the molecule is CC(C)(C/C=N/[S+]([O-])C(C)(C)C)c1ccc(C(F)(F)F)cc1. The second-order valence-corrected chi connectivity index (χ2v) is 8.75. The molecule has 0 heterocycles. The summed E-state index contributed by atoms with van der Waals surface area (Å²) in [5, 5.41) is 0. The molecule has 0 amide bonds. The summed E-state index contributed by atoms with van der Waals surface area (Å²) < 4.78 is 53.1. The first-order valence-corrected chi connectivity index (χ1v) is 8.07. The Morgan fingerprint density at radius 3 is 1.86 bits per heavy atom. The molecule has 0 aliphatic rings. The highest BCUT2D eigenvalue weighted by atomic mass is 32.2. The molecule has 0 bridgehead atoms. The van der Waals surface area contributed by atoms with Gasteiger partial charge < -0.3 is 4.55 Å². The first-order chi connectivity index (χ1) is 9.84. The van der Waals surface area contributed by atoms with Gasteiger partial charge in [-0.25, -0.2) is 0 Å². The van der Waals surface area contributed by atoms with E-state index in [-0.39, 0.29) is 5.41 Å². The van der Waals surface area contributed by atoms with Crippen molar-refractivity contribution in [2.75, 3.05) is 0 Å². The van der Waals surface area contributed by atoms with Crippen molar-refractivity contribution >= 4 is 17.6 Å². The van der Waals surface area contributed by atoms with Crippen molar-refractivity contribution in [2.45, 2.75) is 57.4 Å². The van der Waals surface area contributed by atoms with E-state index < -0.39 is 27.8 Å². The van der Waals surface area contributed by atoms with E-state index in [0.717, 1.165) is 17.7 Å². The van der Waals surface area contributed by atoms with Crippen LogP contribution in [0.4, 0.5) is 13.2 Å². The molecule has 0 radical (unpaired) electrons. The molecular formula is C16H22F3NOS. The van der Waals surface area contributed by atoms with Crippen molar-refractivity contribution in [2.24, 2.45) is 4.40 Å². The van der Waals surface area contributed by atoms with E-state index in [0.29, 0.717) is 6.42 Å². The number of hydrogen-bond donors (Lipinski definition) is 0. The Bertz CT molecular complexity index is 516. The summed E-state index contributed by atoms with van der Waals surface area (Å²) in [5.41, 5.74) is -0.251. The Morgan fingerprint density at radius 2 is 1.45 bits per heavy atom. The zero-order valence-corrected chi connectivity index (χ0v) is 14.3. The van der Waals surface area contributed by atoms with Crippen LogP contribution in [0.25, 0.3) is 0 Å². The van der Waals surface area contributed by atoms with Crippen molar-refractivity contribution in [1.29, 1.82) is 0 Å². The van der Waals surface area contributed by atoms with Gasteiger partial charge in [0.2, 0.25) is 0 Å². The number of hydrogen-bond acceptors (Lipinski definition) is 2. The molecule has 1 aromatic carbocycles. The number of benzene rings is 1. The molecule has 6 heteroatoms. The normalized spacial score (nSPS) is 15.3. The molecule has 0 N–H and O–H groups in total. The van der Waals surface area contributed by atoms with E-state index in [1.807, 2.05) is 34.6 Å². The fourth-order valence-corrected chi connectivity index (χ4v) is 2.25. The monoisotopic (exact) mass is 333 g/mol. The summed E-state index contributed by atoms with van der Waals surface area (Å²) in [6, 6.07) is 5.14. The Balaban J connectivity index is 2.80. The smallest absolute Gasteiger partial charge is 0.416 e. The molecule has 22 heavy (non-hydrogen) atoms. The molecule has 1 rings (SSSR count). The molecule has 0 aliphatic heterocycles. The standard InChI is InChI=1S/C16H22F3NOS/c1-14(2,3)22(21)20-11-10-15(4,5)12-6-8-13(9-7-12)16(17,18)19/h6-9,11H,10H2,1-5H3/b20-11+. The van der Waals surface area contributed by atoms with Crippen LogP contribution in [-0.2, 0) is 23.0 Å². The van der Waals surface area contributed by atoms with E-state index in [4.69, 9.17) is 0 Å². The summed E-state index contributed by atoms with van der Waals surface area (Å²) in [6.07, 6.45) is -2.23. The Labute approximate surface area is 133 Å². The zero-order chi connectivity index (χ0) is 17.2. The summed E-state index contributed by atoms with van der Waals surface area (Å²) >= 11 is -1.32. The van der Waals surface area contributed by atoms with Gasteiger partial charge in [0.25, 0.3) is 0 Å². The van der Waals surface area contributed by atoms with Gasteiger partial charge in [0, 0.05) is 0 Å². The molecule has 0 aromatic heterocycles. The van der Waals surface area contributed by atoms with E-state index >= 15 is 0 Å². The molecule has 0 spiro atoms. The minimum Gasteiger partial charge on any atom is -0.591 e. The minimum atomic E-state index is -4.33. The van der Waals surface area contributed by atoms with Crippen molar-refractivity contribution in [1.82, 2.24) is 0 Å². The maximum Gasteiger partial charge on any atom is 0.416 e. The summed E-state index contributed by atoms with van der Waals surface area (Å²) in [4.78, 5) is 0. The molecular weight excluding hydrogens is 311 g/mol. The second kappa shape index (κ2) is 6.62. The third-order valence-electron chi connectivity index (χ3n) is 3.29. The van der Waals surface area contributed by atoms with Gasteiger partial charge in [0.15, 0.2) is 0 Å². The van der Waals surface area contributed by atoms with Crippen molar-refractivity contribution in [3.8, 4) is 0 Å². The summed E-state index contributed by atoms with van der Waals surface area (Å²) in [6.45, 7) is 9.34. The predicted molar refractivity (Wildman–Crippen MR) is 85.5 cm³/mol. The van der Waals surface area contributed by atoms with E-state index in [1.54, 1.807) is 6.21 Å². The highest BCUT2D eigenvalue weighted by Crippen LogP contribution is 2.32. The third-order valence-corrected chi connectivity index (χ3v) is 4.68. The molecule has 1 unspecified atom stereocenters. The highest BCUT2D eigenvalue weighted by molar-refractivity contribution is 7.91. The van der Waals surface area contributed by atoms with Gasteiger partial charge >= 0.3 is 6.18 Å². The second-order valence-electron chi connectivity index (χ2n) is 6.81. The lowest BCUT2D eigenvalue weighted by molar-refractivity contribution is -0.137. The Morgan fingerprint density at radius 1 is 1.00 bits per heavy atom. The van der Waals surface area contributed by atoms with Gasteiger partial charge in [-0.1, -0.05) is 30.4 Å². The van der Waals surface area contributed by atoms with Gasteiger partial charge in [-0.3, -0.25) is 0 Å². The zero-order valence-electron chi connectivity index (χ0n) is 13.5. The van der Waals surface area contributed by atoms with Crippen molar-refractivity contribution < 1.29 is 17.7 Å². The number of rotatable bonds is 4. The number of nitrogens with zero attached hydrogens (tertiary/aromatic N) is 1. The Kier molecular flexibility index (Phi) is 5.73. The molecule has 1 aromatic rings. The van der Waals surface area contributed by atoms with Crippen molar-refractivity contribution in [3.63, 3.8) is 0 Å². The van der Waals surface area contributed by atoms with Crippen LogP contribution in [0, 0.1) is 0 Å². The fraction of sp³-hybridized carbons (Fsp3) is 0.562. The first kappa shape index (κ1) is 19.0. The minimum absolute atomic E-state index is 0.379. The van der Waals surface area contributed by atoms with Crippen LogP contribution in [0.1, 0.15) is 52.2 Å². The lowest BCUT2D eigenvalue weighted by Gasteiger charge is -2.24. The van der Waals surface area contributed by atoms with Gasteiger partial charge in [-0.2, -0.15) is 13.2 Å². The molecule has 0 saturated heterocycles. The van der Waals surface area contributed by atoms with Crippen LogP contribution >= 0.6 is 0 Å². The molecule has 0 aliphatic carbocycles. The number of halogens is 3. The molecule has 2 nitrogen and oxygen atoms in total. The van der Waals surface area contributed by atoms with Gasteiger partial charge in [0.05, 0.1) is 11.8 Å². The maximum absolute atomic E-state index is 12.6. The van der Waals surface area contributed by atoms with E-state index in [1.165, 1.54) is 12.1 Å². The maximum atomic E-state index is 12.6. The van der Waals surface area contributed by atoms with Crippen LogP contribution in [0.2, 0.25) is 0 Å². The van der Waals surface area contributed by atoms with Gasteiger partial charge in [0.1, 0.15) is 16.1 Å². The predicted octanol–water partition coefficient (Wildman–Crippen LogP) is 4.91. The average Bonchev–Trinajstić information content (AvgIpc) is 2.36. The summed E-state index contributed by atoms with van der Waals surface area (Å²) in [7, 11) is 0. The van der Waals surface area contributed by atoms with Crippen LogP contribution in [0.5, 0.6) is 0 Å². The fourth-order valence-electron chi connectivity index (χ4n) is 1.72. The van der Waals surface area contributed by atoms with Crippen LogP contribution < -0.4 is 0 Å². The van der Waals surface area contributed by atoms with E-state index in [9.17, 15) is 17.7 Å². The topological polar surface area (TPSA) is 35.4 Å². The lowest BCUT2D eigenvalue weighted by Crippen LogP contribution is -2.26. The van der Waals surface area contributed by atoms with E-state index in [2.05, 4.69) is 4.40 Å². The number of alkyl halides is 3. The first-order valence-electron chi connectivity index (χ1n) is 6.96. The average molecular weight is 333 g/mol. The quantitative estimate of drug-likeness (QED) is 0.570. The lowest BCUT2D eigenvalue weighted by atomic mass is 9.82. The molecule has 0 fully saturated rings. The largest absolute Gasteiger partial charge is 0.591 e. The van der Waals surface area contributed by atoms with Crippen LogP contribution in [0.15, 0.2) is 28.7 Å². The molecule has 0 saturated carbocycles. The van der Waals surface area contributed by atoms with Gasteiger partial charge in [-0.05, 0) is 50.3 Å². The van der Waals surface area contributed by atoms with Gasteiger partial charge in [-0.15, -0.1) is 0 Å². The highest BCUT2D eigenvalue weighted by Gasteiger charge is 2.31. The Hall–Kier alpha value is -1.01. The molecule has 1 atom stereocenters. The molecule has 124 valence electrons. The van der Waals surface area contributed by atoms with Crippen LogP contribution in [0.3, 0.4) is 0 Å². The van der Waals surface area contributed by atoms with Crippen LogP contribution in [-0.4, -0.2) is 15.5 Å².